The number of hydrogen-bond donors (Lipinski definition) is 4. The number of benzene rings is 2. The van der Waals surface area contributed by atoms with Crippen LogP contribution < -0.4 is 21.9 Å². The van der Waals surface area contributed by atoms with E-state index in [-0.39, 0.29) is 35.3 Å². The van der Waals surface area contributed by atoms with Crippen molar-refractivity contribution >= 4 is 46.4 Å². The predicted octanol–water partition coefficient (Wildman–Crippen LogP) is 2.68. The van der Waals surface area contributed by atoms with Crippen molar-refractivity contribution in [1.82, 2.24) is 10.9 Å². The van der Waals surface area contributed by atoms with E-state index in [2.05, 4.69) is 16.2 Å². The Hall–Kier alpha value is -3.10. The number of ether oxygens (including phenoxy) is 1. The molecule has 0 bridgehead atoms. The van der Waals surface area contributed by atoms with Crippen LogP contribution in [0.15, 0.2) is 66.0 Å². The van der Waals surface area contributed by atoms with E-state index in [9.17, 15) is 9.59 Å². The van der Waals surface area contributed by atoms with Gasteiger partial charge in [-0.3, -0.25) is 15.6 Å². The van der Waals surface area contributed by atoms with Crippen LogP contribution in [-0.4, -0.2) is 23.5 Å². The lowest BCUT2D eigenvalue weighted by atomic mass is 10.1. The standard InChI is InChI=1S/C20H21ClN4O3S/c1-2-28-20(27)17(19(29)23-15-6-4-3-5-7-15)18(22)25-24-16(26)12-13-8-10-14(21)11-9-13/h3-11,25H,2,12,22H2,1H3,(H,23,29)(H,24,26)/b18-17+. The molecule has 1 amide bonds. The monoisotopic (exact) mass is 432 g/mol. The molecule has 0 saturated carbocycles. The summed E-state index contributed by atoms with van der Waals surface area (Å²) >= 11 is 11.1. The first-order valence-electron chi connectivity index (χ1n) is 8.73. The van der Waals surface area contributed by atoms with Gasteiger partial charge in [-0.25, -0.2) is 4.79 Å². The molecule has 0 saturated heterocycles. The van der Waals surface area contributed by atoms with Gasteiger partial charge < -0.3 is 15.8 Å². The van der Waals surface area contributed by atoms with Gasteiger partial charge in [0.15, 0.2) is 0 Å². The van der Waals surface area contributed by atoms with Gasteiger partial charge in [0.25, 0.3) is 0 Å². The van der Waals surface area contributed by atoms with E-state index in [1.54, 1.807) is 43.3 Å². The van der Waals surface area contributed by atoms with Crippen LogP contribution in [0.5, 0.6) is 0 Å². The molecule has 152 valence electrons. The molecule has 29 heavy (non-hydrogen) atoms. The molecule has 2 rings (SSSR count). The summed E-state index contributed by atoms with van der Waals surface area (Å²) in [5.74, 6) is -1.21. The number of thiocarbonyl (C=S) groups is 1. The average Bonchev–Trinajstić information content (AvgIpc) is 2.69. The lowest BCUT2D eigenvalue weighted by Crippen LogP contribution is -2.42. The molecule has 0 radical (unpaired) electrons. The zero-order chi connectivity index (χ0) is 21.2. The Bertz CT molecular complexity index is 902. The van der Waals surface area contributed by atoms with Crippen LogP contribution in [0.3, 0.4) is 0 Å². The summed E-state index contributed by atoms with van der Waals surface area (Å²) in [6.45, 7) is 1.81. The van der Waals surface area contributed by atoms with Gasteiger partial charge in [0.2, 0.25) is 5.91 Å². The number of hydrogen-bond acceptors (Lipinski definition) is 6. The number of anilines is 1. The number of halogens is 1. The summed E-state index contributed by atoms with van der Waals surface area (Å²) in [6, 6.07) is 15.9. The van der Waals surface area contributed by atoms with Crippen LogP contribution in [0.25, 0.3) is 0 Å². The minimum absolute atomic E-state index is 0.0617. The molecule has 0 aliphatic rings. The summed E-state index contributed by atoms with van der Waals surface area (Å²) in [5.41, 5.74) is 12.3. The Morgan fingerprint density at radius 3 is 2.34 bits per heavy atom. The Morgan fingerprint density at radius 2 is 1.72 bits per heavy atom. The van der Waals surface area contributed by atoms with Crippen LogP contribution in [0, 0.1) is 0 Å². The summed E-state index contributed by atoms with van der Waals surface area (Å²) < 4.78 is 5.03. The lowest BCUT2D eigenvalue weighted by Gasteiger charge is -2.15. The van der Waals surface area contributed by atoms with Crippen molar-refractivity contribution in [3.05, 3.63) is 76.6 Å². The lowest BCUT2D eigenvalue weighted by molar-refractivity contribution is -0.138. The molecule has 0 unspecified atom stereocenters. The maximum Gasteiger partial charge on any atom is 0.344 e. The Morgan fingerprint density at radius 1 is 1.07 bits per heavy atom. The van der Waals surface area contributed by atoms with E-state index in [0.29, 0.717) is 10.7 Å². The second kappa shape index (κ2) is 11.0. The first kappa shape index (κ1) is 22.2. The second-order valence-electron chi connectivity index (χ2n) is 5.81. The predicted molar refractivity (Wildman–Crippen MR) is 117 cm³/mol. The number of nitrogens with one attached hydrogen (secondary N) is 3. The topological polar surface area (TPSA) is 105 Å². The number of esters is 1. The molecule has 5 N–H and O–H groups in total. The largest absolute Gasteiger partial charge is 0.462 e. The quantitative estimate of drug-likeness (QED) is 0.220. The normalized spacial score (nSPS) is 11.1. The van der Waals surface area contributed by atoms with E-state index in [1.807, 2.05) is 18.2 Å². The fourth-order valence-corrected chi connectivity index (χ4v) is 2.71. The molecule has 0 atom stereocenters. The minimum atomic E-state index is -0.710. The molecule has 0 heterocycles. The highest BCUT2D eigenvalue weighted by Crippen LogP contribution is 2.12. The van der Waals surface area contributed by atoms with E-state index < -0.39 is 5.97 Å². The number of carbonyl (C=O) groups is 2. The Labute approximate surface area is 179 Å². The van der Waals surface area contributed by atoms with E-state index >= 15 is 0 Å². The van der Waals surface area contributed by atoms with Crippen molar-refractivity contribution < 1.29 is 14.3 Å². The van der Waals surface area contributed by atoms with Crippen molar-refractivity contribution in [3.8, 4) is 0 Å². The van der Waals surface area contributed by atoms with Gasteiger partial charge in [0.05, 0.1) is 13.0 Å². The maximum atomic E-state index is 12.3. The number of nitrogens with two attached hydrogens (primary N) is 1. The van der Waals surface area contributed by atoms with Crippen LogP contribution >= 0.6 is 23.8 Å². The van der Waals surface area contributed by atoms with Gasteiger partial charge in [0.1, 0.15) is 16.4 Å². The van der Waals surface area contributed by atoms with Gasteiger partial charge in [0, 0.05) is 10.7 Å². The van der Waals surface area contributed by atoms with Crippen LogP contribution in [0.1, 0.15) is 12.5 Å². The highest BCUT2D eigenvalue weighted by molar-refractivity contribution is 7.81. The molecule has 0 aliphatic heterocycles. The second-order valence-corrected chi connectivity index (χ2v) is 6.65. The fraction of sp³-hybridized carbons (Fsp3) is 0.150. The molecule has 9 heteroatoms. The number of rotatable bonds is 8. The van der Waals surface area contributed by atoms with Gasteiger partial charge in [-0.15, -0.1) is 0 Å². The smallest absolute Gasteiger partial charge is 0.344 e. The molecule has 2 aromatic rings. The third kappa shape index (κ3) is 7.10. The summed E-state index contributed by atoms with van der Waals surface area (Å²) in [6.07, 6.45) is 0.0961. The molecular formula is C20H21ClN4O3S. The van der Waals surface area contributed by atoms with E-state index in [1.165, 1.54) is 0 Å². The van der Waals surface area contributed by atoms with Crippen molar-refractivity contribution in [1.29, 1.82) is 0 Å². The summed E-state index contributed by atoms with van der Waals surface area (Å²) in [7, 11) is 0. The van der Waals surface area contributed by atoms with Gasteiger partial charge in [-0.05, 0) is 36.8 Å². The van der Waals surface area contributed by atoms with Gasteiger partial charge >= 0.3 is 5.97 Å². The third-order valence-electron chi connectivity index (χ3n) is 3.62. The molecule has 0 aliphatic carbocycles. The molecule has 0 fully saturated rings. The highest BCUT2D eigenvalue weighted by atomic mass is 35.5. The van der Waals surface area contributed by atoms with Crippen LogP contribution in [0.4, 0.5) is 5.69 Å². The third-order valence-corrected chi connectivity index (χ3v) is 4.18. The summed E-state index contributed by atoms with van der Waals surface area (Å²) in [5, 5.41) is 3.50. The Balaban J connectivity index is 2.08. The number of carbonyl (C=O) groups excluding carboxylic acids is 2. The number of hydrazine groups is 1. The van der Waals surface area contributed by atoms with Gasteiger partial charge in [-0.2, -0.15) is 0 Å². The molecular weight excluding hydrogens is 412 g/mol. The SMILES string of the molecule is CCOC(=O)/C(C(=S)Nc1ccccc1)=C(\N)NNC(=O)Cc1ccc(Cl)cc1. The fourth-order valence-electron chi connectivity index (χ4n) is 2.27. The van der Waals surface area contributed by atoms with Crippen LogP contribution in [0.2, 0.25) is 5.02 Å². The zero-order valence-corrected chi connectivity index (χ0v) is 17.3. The number of amides is 1. The van der Waals surface area contributed by atoms with Crippen molar-refractivity contribution in [3.63, 3.8) is 0 Å². The highest BCUT2D eigenvalue weighted by Gasteiger charge is 2.21. The van der Waals surface area contributed by atoms with E-state index in [0.717, 1.165) is 5.56 Å². The minimum Gasteiger partial charge on any atom is -0.462 e. The zero-order valence-electron chi connectivity index (χ0n) is 15.7. The first-order valence-corrected chi connectivity index (χ1v) is 9.52. The van der Waals surface area contributed by atoms with Crippen LogP contribution in [-0.2, 0) is 20.7 Å². The van der Waals surface area contributed by atoms with Gasteiger partial charge in [-0.1, -0.05) is 54.2 Å². The molecule has 0 aromatic heterocycles. The molecule has 0 spiro atoms. The number of para-hydroxylation sites is 1. The Kier molecular flexibility index (Phi) is 8.45. The average molecular weight is 433 g/mol. The maximum absolute atomic E-state index is 12.3. The van der Waals surface area contributed by atoms with Crippen molar-refractivity contribution in [2.45, 2.75) is 13.3 Å². The first-order chi connectivity index (χ1) is 13.9. The summed E-state index contributed by atoms with van der Waals surface area (Å²) in [4.78, 5) is 24.5. The van der Waals surface area contributed by atoms with Crippen molar-refractivity contribution in [2.24, 2.45) is 5.73 Å². The van der Waals surface area contributed by atoms with E-state index in [4.69, 9.17) is 34.3 Å². The van der Waals surface area contributed by atoms with Crippen molar-refractivity contribution in [2.75, 3.05) is 11.9 Å². The molecule has 7 nitrogen and oxygen atoms in total. The molecule has 2 aromatic carbocycles.